The van der Waals surface area contributed by atoms with Crippen molar-refractivity contribution in [1.29, 1.82) is 0 Å². The Labute approximate surface area is 79.5 Å². The van der Waals surface area contributed by atoms with E-state index in [1.54, 1.807) is 6.21 Å². The minimum absolute atomic E-state index is 0.207. The molecule has 2 N–H and O–H groups in total. The molecule has 1 aromatic carbocycles. The lowest BCUT2D eigenvalue weighted by molar-refractivity contribution is 0.590. The second kappa shape index (κ2) is 3.60. The Hall–Kier alpha value is -1.31. The Morgan fingerprint density at radius 1 is 1.15 bits per heavy atom. The van der Waals surface area contributed by atoms with Crippen LogP contribution in [-0.2, 0) is 5.41 Å². The highest BCUT2D eigenvalue weighted by molar-refractivity contribution is 5.79. The van der Waals surface area contributed by atoms with Crippen LogP contribution < -0.4 is 5.84 Å². The molecule has 13 heavy (non-hydrogen) atoms. The van der Waals surface area contributed by atoms with Crippen molar-refractivity contribution in [3.05, 3.63) is 35.4 Å². The zero-order valence-electron chi connectivity index (χ0n) is 8.41. The standard InChI is InChI=1S/C11H16N2/c1-11(2,3)10-6-4-9(5-7-10)8-13-12/h4-8H,12H2,1-3H3/b13-8+. The van der Waals surface area contributed by atoms with Crippen molar-refractivity contribution in [2.45, 2.75) is 26.2 Å². The predicted octanol–water partition coefficient (Wildman–Crippen LogP) is 2.28. The maximum Gasteiger partial charge on any atom is 0.0538 e. The fourth-order valence-corrected chi connectivity index (χ4v) is 1.16. The van der Waals surface area contributed by atoms with Crippen LogP contribution in [0.4, 0.5) is 0 Å². The van der Waals surface area contributed by atoms with E-state index < -0.39 is 0 Å². The van der Waals surface area contributed by atoms with Gasteiger partial charge in [0.15, 0.2) is 0 Å². The van der Waals surface area contributed by atoms with Crippen molar-refractivity contribution in [2.75, 3.05) is 0 Å². The highest BCUT2D eigenvalue weighted by Crippen LogP contribution is 2.21. The largest absolute Gasteiger partial charge is 0.323 e. The van der Waals surface area contributed by atoms with Gasteiger partial charge in [0.2, 0.25) is 0 Å². The summed E-state index contributed by atoms with van der Waals surface area (Å²) in [5.74, 6) is 5.05. The summed E-state index contributed by atoms with van der Waals surface area (Å²) in [4.78, 5) is 0. The molecule has 0 aliphatic rings. The summed E-state index contributed by atoms with van der Waals surface area (Å²) in [6.45, 7) is 6.58. The fourth-order valence-electron chi connectivity index (χ4n) is 1.16. The lowest BCUT2D eigenvalue weighted by atomic mass is 9.87. The van der Waals surface area contributed by atoms with E-state index in [1.807, 2.05) is 12.1 Å². The fraction of sp³-hybridized carbons (Fsp3) is 0.364. The molecule has 0 saturated carbocycles. The van der Waals surface area contributed by atoms with Gasteiger partial charge in [0.25, 0.3) is 0 Å². The Morgan fingerprint density at radius 3 is 2.08 bits per heavy atom. The van der Waals surface area contributed by atoms with Crippen molar-refractivity contribution in [3.8, 4) is 0 Å². The number of hydrogen-bond donors (Lipinski definition) is 1. The van der Waals surface area contributed by atoms with Gasteiger partial charge in [0.05, 0.1) is 6.21 Å². The second-order valence-electron chi connectivity index (χ2n) is 4.15. The molecule has 0 aliphatic carbocycles. The molecule has 0 heterocycles. The van der Waals surface area contributed by atoms with Crippen LogP contribution in [-0.4, -0.2) is 6.21 Å². The highest BCUT2D eigenvalue weighted by atomic mass is 15.1. The van der Waals surface area contributed by atoms with Crippen LogP contribution in [0.1, 0.15) is 31.9 Å². The maximum absolute atomic E-state index is 5.05. The van der Waals surface area contributed by atoms with Crippen LogP contribution in [0.15, 0.2) is 29.4 Å². The third kappa shape index (κ3) is 2.58. The van der Waals surface area contributed by atoms with Crippen molar-refractivity contribution >= 4 is 6.21 Å². The molecule has 0 aliphatic heterocycles. The zero-order chi connectivity index (χ0) is 9.90. The van der Waals surface area contributed by atoms with E-state index in [1.165, 1.54) is 5.56 Å². The van der Waals surface area contributed by atoms with Crippen molar-refractivity contribution < 1.29 is 0 Å². The molecule has 2 heteroatoms. The van der Waals surface area contributed by atoms with Crippen LogP contribution in [0.5, 0.6) is 0 Å². The van der Waals surface area contributed by atoms with Crippen LogP contribution in [0.2, 0.25) is 0 Å². The smallest absolute Gasteiger partial charge is 0.0538 e. The SMILES string of the molecule is CC(C)(C)c1ccc(/C=N/N)cc1. The summed E-state index contributed by atoms with van der Waals surface area (Å²) in [5.41, 5.74) is 2.57. The normalized spacial score (nSPS) is 12.2. The molecule has 0 unspecified atom stereocenters. The Bertz CT molecular complexity index is 291. The topological polar surface area (TPSA) is 38.4 Å². The average molecular weight is 176 g/mol. The lowest BCUT2D eigenvalue weighted by Gasteiger charge is -2.18. The molecule has 0 radical (unpaired) electrons. The summed E-state index contributed by atoms with van der Waals surface area (Å²) >= 11 is 0. The molecule has 1 aromatic rings. The summed E-state index contributed by atoms with van der Waals surface area (Å²) in [5, 5.41) is 3.47. The Morgan fingerprint density at radius 2 is 1.69 bits per heavy atom. The molecule has 0 saturated heterocycles. The number of hydrogen-bond acceptors (Lipinski definition) is 2. The van der Waals surface area contributed by atoms with Gasteiger partial charge >= 0.3 is 0 Å². The van der Waals surface area contributed by atoms with Gasteiger partial charge in [-0.2, -0.15) is 5.10 Å². The molecule has 2 nitrogen and oxygen atoms in total. The minimum atomic E-state index is 0.207. The van der Waals surface area contributed by atoms with Gasteiger partial charge < -0.3 is 5.84 Å². The van der Waals surface area contributed by atoms with Crippen LogP contribution in [0, 0.1) is 0 Å². The van der Waals surface area contributed by atoms with E-state index >= 15 is 0 Å². The Balaban J connectivity index is 2.94. The summed E-state index contributed by atoms with van der Waals surface area (Å²) in [7, 11) is 0. The van der Waals surface area contributed by atoms with E-state index in [0.29, 0.717) is 0 Å². The van der Waals surface area contributed by atoms with Crippen LogP contribution in [0.3, 0.4) is 0 Å². The molecule has 0 amide bonds. The second-order valence-corrected chi connectivity index (χ2v) is 4.15. The molecular weight excluding hydrogens is 160 g/mol. The quantitative estimate of drug-likeness (QED) is 0.398. The number of benzene rings is 1. The number of rotatable bonds is 1. The number of nitrogens with zero attached hydrogens (tertiary/aromatic N) is 1. The van der Waals surface area contributed by atoms with E-state index in [0.717, 1.165) is 5.56 Å². The van der Waals surface area contributed by atoms with Gasteiger partial charge in [0.1, 0.15) is 0 Å². The van der Waals surface area contributed by atoms with Crippen LogP contribution in [0.25, 0.3) is 0 Å². The zero-order valence-corrected chi connectivity index (χ0v) is 8.41. The molecular formula is C11H16N2. The van der Waals surface area contributed by atoms with Gasteiger partial charge in [-0.25, -0.2) is 0 Å². The summed E-state index contributed by atoms with van der Waals surface area (Å²) < 4.78 is 0. The summed E-state index contributed by atoms with van der Waals surface area (Å²) in [6, 6.07) is 8.27. The first-order chi connectivity index (χ1) is 6.04. The highest BCUT2D eigenvalue weighted by Gasteiger charge is 2.12. The van der Waals surface area contributed by atoms with E-state index in [4.69, 9.17) is 5.84 Å². The maximum atomic E-state index is 5.05. The third-order valence-electron chi connectivity index (χ3n) is 2.00. The van der Waals surface area contributed by atoms with E-state index in [9.17, 15) is 0 Å². The molecule has 0 atom stereocenters. The molecule has 70 valence electrons. The van der Waals surface area contributed by atoms with Gasteiger partial charge in [-0.05, 0) is 16.5 Å². The van der Waals surface area contributed by atoms with E-state index in [2.05, 4.69) is 38.0 Å². The monoisotopic (exact) mass is 176 g/mol. The van der Waals surface area contributed by atoms with Gasteiger partial charge in [-0.1, -0.05) is 45.0 Å². The number of nitrogens with two attached hydrogens (primary N) is 1. The van der Waals surface area contributed by atoms with Gasteiger partial charge in [-0.15, -0.1) is 0 Å². The van der Waals surface area contributed by atoms with Gasteiger partial charge in [0, 0.05) is 0 Å². The lowest BCUT2D eigenvalue weighted by Crippen LogP contribution is -2.10. The first-order valence-corrected chi connectivity index (χ1v) is 4.38. The Kier molecular flexibility index (Phi) is 2.71. The molecule has 0 spiro atoms. The third-order valence-corrected chi connectivity index (χ3v) is 2.00. The predicted molar refractivity (Wildman–Crippen MR) is 56.9 cm³/mol. The first-order valence-electron chi connectivity index (χ1n) is 4.38. The van der Waals surface area contributed by atoms with Crippen LogP contribution >= 0.6 is 0 Å². The molecule has 1 rings (SSSR count). The van der Waals surface area contributed by atoms with Gasteiger partial charge in [-0.3, -0.25) is 0 Å². The van der Waals surface area contributed by atoms with Crippen molar-refractivity contribution in [3.63, 3.8) is 0 Å². The molecule has 0 bridgehead atoms. The molecule has 0 aromatic heterocycles. The first kappa shape index (κ1) is 9.78. The van der Waals surface area contributed by atoms with Crippen molar-refractivity contribution in [1.82, 2.24) is 0 Å². The van der Waals surface area contributed by atoms with Crippen molar-refractivity contribution in [2.24, 2.45) is 10.9 Å². The van der Waals surface area contributed by atoms with E-state index in [-0.39, 0.29) is 5.41 Å². The average Bonchev–Trinajstić information content (AvgIpc) is 2.04. The summed E-state index contributed by atoms with van der Waals surface area (Å²) in [6.07, 6.45) is 1.65. The number of hydrazone groups is 1. The molecule has 0 fully saturated rings. The minimum Gasteiger partial charge on any atom is -0.323 e.